The number of carbonyl (C=O) groups is 1. The Balaban J connectivity index is 3.30. The lowest BCUT2D eigenvalue weighted by atomic mass is 9.90. The third-order valence-corrected chi connectivity index (χ3v) is 2.31. The van der Waals surface area contributed by atoms with Crippen LogP contribution in [0, 0.1) is 0 Å². The monoisotopic (exact) mass is 208 g/mol. The third-order valence-electron chi connectivity index (χ3n) is 2.31. The number of hydrogen-bond donors (Lipinski definition) is 0. The molecule has 1 aromatic rings. The molecule has 0 atom stereocenters. The van der Waals surface area contributed by atoms with Crippen LogP contribution >= 0.6 is 0 Å². The van der Waals surface area contributed by atoms with Crippen molar-refractivity contribution in [3.05, 3.63) is 23.2 Å². The van der Waals surface area contributed by atoms with E-state index in [1.807, 2.05) is 26.8 Å². The van der Waals surface area contributed by atoms with Crippen LogP contribution in [0.4, 0.5) is 0 Å². The maximum Gasteiger partial charge on any atom is 0.153 e. The molecule has 0 fully saturated rings. The molecule has 2 nitrogen and oxygen atoms in total. The molecule has 1 aromatic heterocycles. The summed E-state index contributed by atoms with van der Waals surface area (Å²) in [6.45, 7) is 12.4. The molecule has 0 saturated heterocycles. The summed E-state index contributed by atoms with van der Waals surface area (Å²) in [5, 5.41) is 0. The molecule has 2 heteroatoms. The SMILES string of the molecule is CC(C)(C)c1cc(C=O)c(C(C)(C)C)o1. The number of aldehydes is 1. The highest BCUT2D eigenvalue weighted by molar-refractivity contribution is 5.77. The number of hydrogen-bond acceptors (Lipinski definition) is 2. The summed E-state index contributed by atoms with van der Waals surface area (Å²) in [5.74, 6) is 1.65. The second-order valence-corrected chi connectivity index (χ2v) is 6.01. The lowest BCUT2D eigenvalue weighted by Crippen LogP contribution is -2.12. The predicted molar refractivity (Wildman–Crippen MR) is 61.5 cm³/mol. The zero-order chi connectivity index (χ0) is 11.9. The van der Waals surface area contributed by atoms with Gasteiger partial charge in [0.2, 0.25) is 0 Å². The van der Waals surface area contributed by atoms with Gasteiger partial charge in [-0.05, 0) is 6.07 Å². The van der Waals surface area contributed by atoms with E-state index < -0.39 is 0 Å². The van der Waals surface area contributed by atoms with E-state index >= 15 is 0 Å². The zero-order valence-electron chi connectivity index (χ0n) is 10.5. The summed E-state index contributed by atoms with van der Waals surface area (Å²) < 4.78 is 5.80. The van der Waals surface area contributed by atoms with E-state index in [-0.39, 0.29) is 10.8 Å². The Kier molecular flexibility index (Phi) is 2.81. The van der Waals surface area contributed by atoms with Gasteiger partial charge in [0.25, 0.3) is 0 Å². The third kappa shape index (κ3) is 2.49. The minimum Gasteiger partial charge on any atom is -0.464 e. The molecule has 0 bridgehead atoms. The van der Waals surface area contributed by atoms with Gasteiger partial charge in [0.15, 0.2) is 6.29 Å². The predicted octanol–water partition coefficient (Wildman–Crippen LogP) is 3.69. The van der Waals surface area contributed by atoms with E-state index in [1.165, 1.54) is 0 Å². The van der Waals surface area contributed by atoms with E-state index in [4.69, 9.17) is 4.42 Å². The van der Waals surface area contributed by atoms with Crippen molar-refractivity contribution in [2.75, 3.05) is 0 Å². The van der Waals surface area contributed by atoms with E-state index in [0.717, 1.165) is 17.8 Å². The van der Waals surface area contributed by atoms with Crippen LogP contribution in [0.3, 0.4) is 0 Å². The highest BCUT2D eigenvalue weighted by Crippen LogP contribution is 2.33. The molecular formula is C13H20O2. The van der Waals surface area contributed by atoms with Crippen LogP contribution in [0.15, 0.2) is 10.5 Å². The Morgan fingerprint density at radius 2 is 1.60 bits per heavy atom. The van der Waals surface area contributed by atoms with Crippen molar-refractivity contribution in [2.45, 2.75) is 52.4 Å². The molecule has 0 unspecified atom stereocenters. The van der Waals surface area contributed by atoms with Gasteiger partial charge in [0, 0.05) is 10.8 Å². The highest BCUT2D eigenvalue weighted by Gasteiger charge is 2.27. The number of carbonyl (C=O) groups excluding carboxylic acids is 1. The Morgan fingerprint density at radius 3 is 1.87 bits per heavy atom. The molecule has 0 amide bonds. The molecule has 0 aliphatic heterocycles. The molecule has 1 rings (SSSR count). The molecule has 0 radical (unpaired) electrons. The van der Waals surface area contributed by atoms with Crippen molar-refractivity contribution < 1.29 is 9.21 Å². The van der Waals surface area contributed by atoms with Crippen LogP contribution in [-0.2, 0) is 10.8 Å². The fourth-order valence-corrected chi connectivity index (χ4v) is 1.45. The van der Waals surface area contributed by atoms with E-state index in [9.17, 15) is 4.79 Å². The molecule has 0 aromatic carbocycles. The summed E-state index contributed by atoms with van der Waals surface area (Å²) in [6.07, 6.45) is 0.874. The van der Waals surface area contributed by atoms with Crippen molar-refractivity contribution >= 4 is 6.29 Å². The molecule has 15 heavy (non-hydrogen) atoms. The number of rotatable bonds is 1. The summed E-state index contributed by atoms with van der Waals surface area (Å²) in [4.78, 5) is 11.0. The van der Waals surface area contributed by atoms with Gasteiger partial charge in [0.1, 0.15) is 11.5 Å². The zero-order valence-corrected chi connectivity index (χ0v) is 10.5. The topological polar surface area (TPSA) is 30.2 Å². The summed E-state index contributed by atoms with van der Waals surface area (Å²) in [6, 6.07) is 1.85. The van der Waals surface area contributed by atoms with Crippen molar-refractivity contribution in [3.63, 3.8) is 0 Å². The van der Waals surface area contributed by atoms with Gasteiger partial charge < -0.3 is 4.42 Å². The van der Waals surface area contributed by atoms with Crippen molar-refractivity contribution in [3.8, 4) is 0 Å². The van der Waals surface area contributed by atoms with Gasteiger partial charge in [-0.25, -0.2) is 0 Å². The maximum absolute atomic E-state index is 11.0. The average molecular weight is 208 g/mol. The fraction of sp³-hybridized carbons (Fsp3) is 0.615. The van der Waals surface area contributed by atoms with Gasteiger partial charge >= 0.3 is 0 Å². The van der Waals surface area contributed by atoms with Crippen LogP contribution < -0.4 is 0 Å². The summed E-state index contributed by atoms with van der Waals surface area (Å²) in [5.41, 5.74) is 0.494. The standard InChI is InChI=1S/C13H20O2/c1-12(2,3)10-7-9(8-14)11(15-10)13(4,5)6/h7-8H,1-6H3. The average Bonchev–Trinajstić information content (AvgIpc) is 2.44. The van der Waals surface area contributed by atoms with Gasteiger partial charge in [-0.1, -0.05) is 41.5 Å². The van der Waals surface area contributed by atoms with Crippen LogP contribution in [0.5, 0.6) is 0 Å². The largest absolute Gasteiger partial charge is 0.464 e. The fourth-order valence-electron chi connectivity index (χ4n) is 1.45. The molecule has 0 saturated carbocycles. The van der Waals surface area contributed by atoms with Gasteiger partial charge in [-0.3, -0.25) is 4.79 Å². The Labute approximate surface area is 91.7 Å². The van der Waals surface area contributed by atoms with Crippen molar-refractivity contribution in [2.24, 2.45) is 0 Å². The van der Waals surface area contributed by atoms with Gasteiger partial charge in [0.05, 0.1) is 5.56 Å². The van der Waals surface area contributed by atoms with E-state index in [1.54, 1.807) is 0 Å². The van der Waals surface area contributed by atoms with Crippen LogP contribution in [0.2, 0.25) is 0 Å². The Hall–Kier alpha value is -1.05. The first-order valence-corrected chi connectivity index (χ1v) is 5.26. The van der Waals surface area contributed by atoms with Gasteiger partial charge in [-0.2, -0.15) is 0 Å². The summed E-state index contributed by atoms with van der Waals surface area (Å²) in [7, 11) is 0. The normalized spacial score (nSPS) is 12.9. The molecule has 84 valence electrons. The molecule has 1 heterocycles. The smallest absolute Gasteiger partial charge is 0.153 e. The van der Waals surface area contributed by atoms with Gasteiger partial charge in [-0.15, -0.1) is 0 Å². The summed E-state index contributed by atoms with van der Waals surface area (Å²) >= 11 is 0. The molecule has 0 spiro atoms. The molecular weight excluding hydrogens is 188 g/mol. The minimum absolute atomic E-state index is 0.0543. The molecule has 0 aliphatic rings. The Bertz CT molecular complexity index is 359. The van der Waals surface area contributed by atoms with Crippen molar-refractivity contribution in [1.82, 2.24) is 0 Å². The maximum atomic E-state index is 11.0. The second kappa shape index (κ2) is 3.51. The Morgan fingerprint density at radius 1 is 1.07 bits per heavy atom. The quantitative estimate of drug-likeness (QED) is 0.659. The first kappa shape index (κ1) is 12.0. The second-order valence-electron chi connectivity index (χ2n) is 6.01. The lowest BCUT2D eigenvalue weighted by Gasteiger charge is -2.18. The van der Waals surface area contributed by atoms with Crippen LogP contribution in [0.1, 0.15) is 63.4 Å². The number of furan rings is 1. The molecule has 0 aliphatic carbocycles. The minimum atomic E-state index is -0.125. The van der Waals surface area contributed by atoms with E-state index in [0.29, 0.717) is 5.56 Å². The van der Waals surface area contributed by atoms with Crippen LogP contribution in [0.25, 0.3) is 0 Å². The first-order chi connectivity index (χ1) is 6.66. The molecule has 0 N–H and O–H groups in total. The van der Waals surface area contributed by atoms with E-state index in [2.05, 4.69) is 20.8 Å². The lowest BCUT2D eigenvalue weighted by molar-refractivity contribution is 0.111. The highest BCUT2D eigenvalue weighted by atomic mass is 16.3. The van der Waals surface area contributed by atoms with Crippen molar-refractivity contribution in [1.29, 1.82) is 0 Å². The first-order valence-electron chi connectivity index (χ1n) is 5.26. The van der Waals surface area contributed by atoms with Crippen LogP contribution in [-0.4, -0.2) is 6.29 Å².